The number of benzene rings is 1. The Labute approximate surface area is 154 Å². The van der Waals surface area contributed by atoms with Gasteiger partial charge in [-0.3, -0.25) is 19.0 Å². The molecule has 9 heteroatoms. The van der Waals surface area contributed by atoms with Crippen LogP contribution in [0.15, 0.2) is 36.5 Å². The number of carbonyl (C=O) groups excluding carboxylic acids is 2. The maximum Gasteiger partial charge on any atom is 0.277 e. The van der Waals surface area contributed by atoms with Gasteiger partial charge in [-0.2, -0.15) is 10.2 Å². The predicted octanol–water partition coefficient (Wildman–Crippen LogP) is 2.62. The number of anilines is 2. The van der Waals surface area contributed by atoms with Crippen molar-refractivity contribution in [1.29, 1.82) is 0 Å². The summed E-state index contributed by atoms with van der Waals surface area (Å²) in [5.41, 5.74) is 2.19. The lowest BCUT2D eigenvalue weighted by molar-refractivity contribution is 0.101. The minimum absolute atomic E-state index is 0.148. The highest BCUT2D eigenvalue weighted by Crippen LogP contribution is 2.21. The number of hydrogen-bond acceptors (Lipinski definition) is 4. The van der Waals surface area contributed by atoms with Crippen LogP contribution in [-0.2, 0) is 14.1 Å². The number of amides is 2. The maximum atomic E-state index is 12.4. The molecule has 3 aromatic rings. The van der Waals surface area contributed by atoms with E-state index in [9.17, 15) is 9.59 Å². The van der Waals surface area contributed by atoms with Gasteiger partial charge in [0.1, 0.15) is 0 Å². The normalized spacial score (nSPS) is 10.6. The number of halogens is 1. The van der Waals surface area contributed by atoms with Crippen molar-refractivity contribution in [3.05, 3.63) is 58.6 Å². The van der Waals surface area contributed by atoms with Crippen molar-refractivity contribution in [2.45, 2.75) is 6.92 Å². The molecule has 0 radical (unpaired) electrons. The minimum Gasteiger partial charge on any atom is -0.321 e. The van der Waals surface area contributed by atoms with E-state index in [-0.39, 0.29) is 11.6 Å². The quantitative estimate of drug-likeness (QED) is 0.736. The first kappa shape index (κ1) is 17.7. The molecule has 2 amide bonds. The van der Waals surface area contributed by atoms with Crippen LogP contribution in [0.2, 0.25) is 5.02 Å². The zero-order valence-electron chi connectivity index (χ0n) is 14.4. The average molecular weight is 373 g/mol. The number of carbonyl (C=O) groups is 2. The van der Waals surface area contributed by atoms with Crippen LogP contribution in [0, 0.1) is 6.92 Å². The maximum absolute atomic E-state index is 12.4. The molecule has 134 valence electrons. The molecular formula is C17H17ClN6O2. The average Bonchev–Trinajstić information content (AvgIpc) is 3.14. The highest BCUT2D eigenvalue weighted by Gasteiger charge is 2.18. The van der Waals surface area contributed by atoms with E-state index in [0.29, 0.717) is 27.8 Å². The van der Waals surface area contributed by atoms with Crippen molar-refractivity contribution in [2.75, 3.05) is 10.6 Å². The molecule has 3 rings (SSSR count). The Balaban J connectivity index is 1.74. The SMILES string of the molecule is Cc1c(Cl)c(C(=O)Nc2cccc(NC(=O)c3ccn(C)n3)c2)nn1C. The van der Waals surface area contributed by atoms with Gasteiger partial charge in [-0.05, 0) is 31.2 Å². The summed E-state index contributed by atoms with van der Waals surface area (Å²) in [6.07, 6.45) is 1.68. The van der Waals surface area contributed by atoms with Gasteiger partial charge >= 0.3 is 0 Å². The third-order valence-corrected chi connectivity index (χ3v) is 4.25. The van der Waals surface area contributed by atoms with Gasteiger partial charge in [0, 0.05) is 31.7 Å². The van der Waals surface area contributed by atoms with E-state index in [1.54, 1.807) is 66.9 Å². The summed E-state index contributed by atoms with van der Waals surface area (Å²) >= 11 is 6.13. The summed E-state index contributed by atoms with van der Waals surface area (Å²) in [6.45, 7) is 1.78. The molecule has 0 fully saturated rings. The highest BCUT2D eigenvalue weighted by molar-refractivity contribution is 6.34. The molecule has 0 atom stereocenters. The number of nitrogens with zero attached hydrogens (tertiary/aromatic N) is 4. The van der Waals surface area contributed by atoms with E-state index < -0.39 is 5.91 Å². The van der Waals surface area contributed by atoms with E-state index in [4.69, 9.17) is 11.6 Å². The van der Waals surface area contributed by atoms with Gasteiger partial charge < -0.3 is 10.6 Å². The van der Waals surface area contributed by atoms with Crippen LogP contribution in [0.3, 0.4) is 0 Å². The van der Waals surface area contributed by atoms with Gasteiger partial charge in [-0.1, -0.05) is 17.7 Å². The molecule has 0 saturated heterocycles. The predicted molar refractivity (Wildman–Crippen MR) is 98.5 cm³/mol. The lowest BCUT2D eigenvalue weighted by atomic mass is 10.2. The molecule has 2 heterocycles. The summed E-state index contributed by atoms with van der Waals surface area (Å²) in [5.74, 6) is -0.760. The van der Waals surface area contributed by atoms with E-state index in [1.165, 1.54) is 0 Å². The van der Waals surface area contributed by atoms with Crippen molar-refractivity contribution in [3.63, 3.8) is 0 Å². The summed E-state index contributed by atoms with van der Waals surface area (Å²) < 4.78 is 3.09. The Morgan fingerprint density at radius 3 is 2.23 bits per heavy atom. The highest BCUT2D eigenvalue weighted by atomic mass is 35.5. The van der Waals surface area contributed by atoms with E-state index in [2.05, 4.69) is 20.8 Å². The Kier molecular flexibility index (Phi) is 4.77. The Hall–Kier alpha value is -3.13. The molecule has 0 bridgehead atoms. The summed E-state index contributed by atoms with van der Waals surface area (Å²) in [6, 6.07) is 8.40. The fraction of sp³-hybridized carbons (Fsp3) is 0.176. The van der Waals surface area contributed by atoms with E-state index >= 15 is 0 Å². The fourth-order valence-corrected chi connectivity index (χ4v) is 2.57. The molecule has 0 spiro atoms. The van der Waals surface area contributed by atoms with Crippen molar-refractivity contribution < 1.29 is 9.59 Å². The molecule has 0 saturated carbocycles. The number of rotatable bonds is 4. The third-order valence-electron chi connectivity index (χ3n) is 3.80. The number of aromatic nitrogens is 4. The second-order valence-corrected chi connectivity index (χ2v) is 6.11. The molecule has 0 aliphatic rings. The van der Waals surface area contributed by atoms with Gasteiger partial charge in [0.15, 0.2) is 11.4 Å². The summed E-state index contributed by atoms with van der Waals surface area (Å²) in [7, 11) is 3.45. The molecule has 8 nitrogen and oxygen atoms in total. The molecule has 0 unspecified atom stereocenters. The topological polar surface area (TPSA) is 93.8 Å². The van der Waals surface area contributed by atoms with Crippen molar-refractivity contribution >= 4 is 34.8 Å². The molecule has 0 aliphatic carbocycles. The summed E-state index contributed by atoms with van der Waals surface area (Å²) in [5, 5.41) is 13.9. The van der Waals surface area contributed by atoms with Crippen LogP contribution >= 0.6 is 11.6 Å². The van der Waals surface area contributed by atoms with Crippen LogP contribution in [-0.4, -0.2) is 31.4 Å². The van der Waals surface area contributed by atoms with Gasteiger partial charge in [-0.25, -0.2) is 0 Å². The number of hydrogen-bond donors (Lipinski definition) is 2. The Morgan fingerprint density at radius 2 is 1.69 bits per heavy atom. The Morgan fingerprint density at radius 1 is 1.04 bits per heavy atom. The Bertz CT molecular complexity index is 991. The van der Waals surface area contributed by atoms with Crippen LogP contribution in [0.4, 0.5) is 11.4 Å². The van der Waals surface area contributed by atoms with E-state index in [0.717, 1.165) is 0 Å². The third kappa shape index (κ3) is 3.60. The monoisotopic (exact) mass is 372 g/mol. The number of nitrogens with one attached hydrogen (secondary N) is 2. The van der Waals surface area contributed by atoms with Gasteiger partial charge in [0.25, 0.3) is 11.8 Å². The summed E-state index contributed by atoms with van der Waals surface area (Å²) in [4.78, 5) is 24.5. The number of aryl methyl sites for hydroxylation is 2. The van der Waals surface area contributed by atoms with Crippen LogP contribution in [0.25, 0.3) is 0 Å². The standard InChI is InChI=1S/C17H17ClN6O2/c1-10-14(18)15(22-24(10)3)17(26)20-12-6-4-5-11(9-12)19-16(25)13-7-8-23(2)21-13/h4-9H,1-3H3,(H,19,25)(H,20,26). The second-order valence-electron chi connectivity index (χ2n) is 5.74. The van der Waals surface area contributed by atoms with Crippen molar-refractivity contribution in [2.24, 2.45) is 14.1 Å². The zero-order valence-corrected chi connectivity index (χ0v) is 15.2. The largest absolute Gasteiger partial charge is 0.321 e. The first-order chi connectivity index (χ1) is 12.3. The molecular weight excluding hydrogens is 356 g/mol. The smallest absolute Gasteiger partial charge is 0.277 e. The van der Waals surface area contributed by atoms with Gasteiger partial charge in [0.2, 0.25) is 0 Å². The second kappa shape index (κ2) is 7.01. The molecule has 0 aliphatic heterocycles. The minimum atomic E-state index is -0.424. The first-order valence-electron chi connectivity index (χ1n) is 7.76. The van der Waals surface area contributed by atoms with Gasteiger partial charge in [0.05, 0.1) is 10.7 Å². The van der Waals surface area contributed by atoms with Gasteiger partial charge in [-0.15, -0.1) is 0 Å². The van der Waals surface area contributed by atoms with Crippen LogP contribution in [0.5, 0.6) is 0 Å². The molecule has 26 heavy (non-hydrogen) atoms. The van der Waals surface area contributed by atoms with Crippen molar-refractivity contribution in [1.82, 2.24) is 19.6 Å². The zero-order chi connectivity index (χ0) is 18.8. The van der Waals surface area contributed by atoms with Crippen LogP contribution < -0.4 is 10.6 Å². The lowest BCUT2D eigenvalue weighted by Crippen LogP contribution is -2.15. The molecule has 1 aromatic carbocycles. The fourth-order valence-electron chi connectivity index (χ4n) is 2.32. The lowest BCUT2D eigenvalue weighted by Gasteiger charge is -2.07. The van der Waals surface area contributed by atoms with E-state index in [1.807, 2.05) is 0 Å². The van der Waals surface area contributed by atoms with Crippen molar-refractivity contribution in [3.8, 4) is 0 Å². The van der Waals surface area contributed by atoms with Crippen LogP contribution in [0.1, 0.15) is 26.7 Å². The molecule has 2 N–H and O–H groups in total. The first-order valence-corrected chi connectivity index (χ1v) is 8.14. The molecule has 2 aromatic heterocycles.